The van der Waals surface area contributed by atoms with Crippen molar-refractivity contribution in [2.24, 2.45) is 0 Å². The molecule has 1 aromatic carbocycles. The number of pyridine rings is 1. The van der Waals surface area contributed by atoms with E-state index in [1.54, 1.807) is 12.3 Å². The molecule has 3 heterocycles. The van der Waals surface area contributed by atoms with E-state index in [2.05, 4.69) is 20.3 Å². The molecule has 0 spiro atoms. The first kappa shape index (κ1) is 22.3. The lowest BCUT2D eigenvalue weighted by atomic mass is 10.3. The first-order valence-corrected chi connectivity index (χ1v) is 11.8. The van der Waals surface area contributed by atoms with E-state index < -0.39 is 10.0 Å². The van der Waals surface area contributed by atoms with Crippen LogP contribution in [0, 0.1) is 6.92 Å². The molecule has 0 radical (unpaired) electrons. The number of rotatable bonds is 6. The number of aryl methyl sites for hydroxylation is 1. The number of sulfonamides is 1. The largest absolute Gasteiger partial charge is 0.495 e. The molecule has 2 aromatic heterocycles. The van der Waals surface area contributed by atoms with E-state index in [1.807, 2.05) is 36.1 Å². The minimum Gasteiger partial charge on any atom is -0.495 e. The summed E-state index contributed by atoms with van der Waals surface area (Å²) in [6.07, 6.45) is 1.70. The highest BCUT2D eigenvalue weighted by atomic mass is 35.5. The fraction of sp³-hybridized carbons (Fsp3) is 0.286. The molecule has 0 saturated carbocycles. The maximum atomic E-state index is 13.1. The van der Waals surface area contributed by atoms with Gasteiger partial charge in [0.2, 0.25) is 10.0 Å². The van der Waals surface area contributed by atoms with Crippen molar-refractivity contribution in [3.63, 3.8) is 0 Å². The number of nitrogens with zero attached hydrogens (tertiary/aromatic N) is 5. The number of hydrogen-bond acceptors (Lipinski definition) is 8. The minimum absolute atomic E-state index is 0.150. The monoisotopic (exact) mass is 474 g/mol. The molecule has 0 atom stereocenters. The van der Waals surface area contributed by atoms with Crippen LogP contribution in [0.3, 0.4) is 0 Å². The van der Waals surface area contributed by atoms with E-state index in [4.69, 9.17) is 16.3 Å². The lowest BCUT2D eigenvalue weighted by Crippen LogP contribution is -2.49. The molecule has 0 bridgehead atoms. The SMILES string of the molecule is COc1ccc(S(=O)(=O)N2CCN(c3cc(Nc4ccccn4)nc(C)n3)CC2)cc1Cl. The lowest BCUT2D eigenvalue weighted by Gasteiger charge is -2.34. The number of methoxy groups -OCH3 is 1. The predicted octanol–water partition coefficient (Wildman–Crippen LogP) is 3.10. The van der Waals surface area contributed by atoms with Gasteiger partial charge in [0.25, 0.3) is 0 Å². The molecule has 0 unspecified atom stereocenters. The Hall–Kier alpha value is -2.95. The Kier molecular flexibility index (Phi) is 6.45. The van der Waals surface area contributed by atoms with Gasteiger partial charge in [0.15, 0.2) is 0 Å². The maximum Gasteiger partial charge on any atom is 0.243 e. The van der Waals surface area contributed by atoms with Crippen LogP contribution in [0.1, 0.15) is 5.82 Å². The third-order valence-electron chi connectivity index (χ3n) is 5.07. The number of piperazine rings is 1. The Balaban J connectivity index is 1.47. The van der Waals surface area contributed by atoms with Crippen molar-refractivity contribution in [2.75, 3.05) is 43.5 Å². The molecule has 11 heteroatoms. The Morgan fingerprint density at radius 2 is 1.81 bits per heavy atom. The van der Waals surface area contributed by atoms with Crippen LogP contribution in [0.2, 0.25) is 5.02 Å². The van der Waals surface area contributed by atoms with Gasteiger partial charge in [-0.3, -0.25) is 0 Å². The Bertz CT molecular complexity index is 1200. The third-order valence-corrected chi connectivity index (χ3v) is 7.26. The number of nitrogens with one attached hydrogen (secondary N) is 1. The zero-order valence-electron chi connectivity index (χ0n) is 17.7. The quantitative estimate of drug-likeness (QED) is 0.581. The summed E-state index contributed by atoms with van der Waals surface area (Å²) in [5, 5.41) is 3.44. The summed E-state index contributed by atoms with van der Waals surface area (Å²) < 4.78 is 32.7. The molecule has 1 N–H and O–H groups in total. The molecule has 4 rings (SSSR count). The van der Waals surface area contributed by atoms with Crippen molar-refractivity contribution >= 4 is 39.1 Å². The molecular formula is C21H23ClN6O3S. The highest BCUT2D eigenvalue weighted by Gasteiger charge is 2.29. The van der Waals surface area contributed by atoms with Crippen molar-refractivity contribution in [2.45, 2.75) is 11.8 Å². The van der Waals surface area contributed by atoms with Gasteiger partial charge in [-0.1, -0.05) is 17.7 Å². The molecule has 3 aromatic rings. The van der Waals surface area contributed by atoms with Gasteiger partial charge in [-0.05, 0) is 37.3 Å². The van der Waals surface area contributed by atoms with Crippen LogP contribution in [0.15, 0.2) is 53.6 Å². The van der Waals surface area contributed by atoms with Crippen LogP contribution >= 0.6 is 11.6 Å². The van der Waals surface area contributed by atoms with Gasteiger partial charge in [0.05, 0.1) is 17.0 Å². The van der Waals surface area contributed by atoms with Crippen molar-refractivity contribution in [3.05, 3.63) is 59.5 Å². The Morgan fingerprint density at radius 3 is 2.47 bits per heavy atom. The van der Waals surface area contributed by atoms with Crippen molar-refractivity contribution in [1.82, 2.24) is 19.3 Å². The number of hydrogen-bond donors (Lipinski definition) is 1. The van der Waals surface area contributed by atoms with Gasteiger partial charge in [-0.25, -0.2) is 23.4 Å². The van der Waals surface area contributed by atoms with Gasteiger partial charge in [0.1, 0.15) is 29.0 Å². The van der Waals surface area contributed by atoms with E-state index in [0.29, 0.717) is 49.4 Å². The summed E-state index contributed by atoms with van der Waals surface area (Å²) >= 11 is 6.12. The van der Waals surface area contributed by atoms with Crippen LogP contribution in [0.5, 0.6) is 5.75 Å². The van der Waals surface area contributed by atoms with Crippen LogP contribution in [-0.2, 0) is 10.0 Å². The summed E-state index contributed by atoms with van der Waals surface area (Å²) in [6.45, 7) is 3.49. The molecular weight excluding hydrogens is 452 g/mol. The second-order valence-corrected chi connectivity index (χ2v) is 9.53. The minimum atomic E-state index is -3.66. The van der Waals surface area contributed by atoms with Crippen molar-refractivity contribution in [1.29, 1.82) is 0 Å². The van der Waals surface area contributed by atoms with E-state index >= 15 is 0 Å². The van der Waals surface area contributed by atoms with E-state index in [-0.39, 0.29) is 9.92 Å². The molecule has 0 amide bonds. The average molecular weight is 475 g/mol. The maximum absolute atomic E-state index is 13.1. The highest BCUT2D eigenvalue weighted by Crippen LogP contribution is 2.29. The summed E-state index contributed by atoms with van der Waals surface area (Å²) in [5.74, 6) is 3.11. The molecule has 1 aliphatic rings. The number of ether oxygens (including phenoxy) is 1. The van der Waals surface area contributed by atoms with Crippen molar-refractivity contribution < 1.29 is 13.2 Å². The van der Waals surface area contributed by atoms with Crippen molar-refractivity contribution in [3.8, 4) is 5.75 Å². The number of anilines is 3. The molecule has 1 fully saturated rings. The summed E-state index contributed by atoms with van der Waals surface area (Å²) in [5.41, 5.74) is 0. The van der Waals surface area contributed by atoms with Crippen LogP contribution in [0.4, 0.5) is 17.5 Å². The van der Waals surface area contributed by atoms with E-state index in [0.717, 1.165) is 5.82 Å². The first-order chi connectivity index (χ1) is 15.4. The first-order valence-electron chi connectivity index (χ1n) is 9.99. The summed E-state index contributed by atoms with van der Waals surface area (Å²) in [6, 6.07) is 11.9. The second kappa shape index (κ2) is 9.27. The molecule has 1 aliphatic heterocycles. The second-order valence-electron chi connectivity index (χ2n) is 7.19. The smallest absolute Gasteiger partial charge is 0.243 e. The molecule has 9 nitrogen and oxygen atoms in total. The van der Waals surface area contributed by atoms with Gasteiger partial charge in [0, 0.05) is 38.4 Å². The number of benzene rings is 1. The van der Waals surface area contributed by atoms with Crippen LogP contribution in [0.25, 0.3) is 0 Å². The zero-order valence-corrected chi connectivity index (χ0v) is 19.3. The van der Waals surface area contributed by atoms with E-state index in [1.165, 1.54) is 23.5 Å². The zero-order chi connectivity index (χ0) is 22.7. The number of aromatic nitrogens is 3. The summed E-state index contributed by atoms with van der Waals surface area (Å²) in [7, 11) is -2.17. The standard InChI is InChI=1S/C21H23ClN6O3S/c1-15-24-20(26-19-5-3-4-8-23-19)14-21(25-15)27-9-11-28(12-10-27)32(29,30)16-6-7-18(31-2)17(22)13-16/h3-8,13-14H,9-12H2,1-2H3,(H,23,24,25,26). The van der Waals surface area contributed by atoms with Gasteiger partial charge < -0.3 is 15.0 Å². The summed E-state index contributed by atoms with van der Waals surface area (Å²) in [4.78, 5) is 15.4. The average Bonchev–Trinajstić information content (AvgIpc) is 2.79. The van der Waals surface area contributed by atoms with Crippen LogP contribution in [-0.4, -0.2) is 61.0 Å². The fourth-order valence-corrected chi connectivity index (χ4v) is 5.23. The fourth-order valence-electron chi connectivity index (χ4n) is 3.46. The molecule has 32 heavy (non-hydrogen) atoms. The Labute approximate surface area is 192 Å². The van der Waals surface area contributed by atoms with Gasteiger partial charge >= 0.3 is 0 Å². The third kappa shape index (κ3) is 4.77. The van der Waals surface area contributed by atoms with Crippen LogP contribution < -0.4 is 15.0 Å². The predicted molar refractivity (Wildman–Crippen MR) is 123 cm³/mol. The highest BCUT2D eigenvalue weighted by molar-refractivity contribution is 7.89. The Morgan fingerprint density at radius 1 is 1.03 bits per heavy atom. The van der Waals surface area contributed by atoms with Gasteiger partial charge in [-0.2, -0.15) is 4.31 Å². The topological polar surface area (TPSA) is 101 Å². The number of halogens is 1. The lowest BCUT2D eigenvalue weighted by molar-refractivity contribution is 0.383. The van der Waals surface area contributed by atoms with E-state index in [9.17, 15) is 8.42 Å². The normalized spacial score (nSPS) is 14.9. The van der Waals surface area contributed by atoms with Gasteiger partial charge in [-0.15, -0.1) is 0 Å². The molecule has 1 saturated heterocycles. The molecule has 0 aliphatic carbocycles. The molecule has 168 valence electrons.